The summed E-state index contributed by atoms with van der Waals surface area (Å²) >= 11 is 11.7. The van der Waals surface area contributed by atoms with E-state index in [1.165, 1.54) is 0 Å². The predicted octanol–water partition coefficient (Wildman–Crippen LogP) is 2.97. The van der Waals surface area contributed by atoms with Crippen LogP contribution in [0.5, 0.6) is 0 Å². The summed E-state index contributed by atoms with van der Waals surface area (Å²) in [5.41, 5.74) is 2.62. The van der Waals surface area contributed by atoms with Gasteiger partial charge in [-0.25, -0.2) is 4.68 Å². The van der Waals surface area contributed by atoms with Crippen molar-refractivity contribution in [2.45, 2.75) is 12.8 Å². The number of rotatable bonds is 2. The second-order valence-corrected chi connectivity index (χ2v) is 3.87. The van der Waals surface area contributed by atoms with Crippen LogP contribution >= 0.6 is 23.2 Å². The first-order valence-corrected chi connectivity index (χ1v) is 5.34. The van der Waals surface area contributed by atoms with Gasteiger partial charge in [-0.1, -0.05) is 11.6 Å². The lowest BCUT2D eigenvalue weighted by Gasteiger charge is -2.01. The highest BCUT2D eigenvalue weighted by molar-refractivity contribution is 6.31. The first-order chi connectivity index (χ1) is 7.20. The van der Waals surface area contributed by atoms with E-state index < -0.39 is 0 Å². The van der Waals surface area contributed by atoms with Crippen molar-refractivity contribution in [1.82, 2.24) is 14.8 Å². The molecule has 2 aromatic heterocycles. The maximum atomic E-state index is 5.92. The quantitative estimate of drug-likeness (QED) is 0.758. The highest BCUT2D eigenvalue weighted by atomic mass is 35.5. The second kappa shape index (κ2) is 4.21. The lowest BCUT2D eigenvalue weighted by molar-refractivity contribution is 0.854. The molecule has 78 valence electrons. The third-order valence-corrected chi connectivity index (χ3v) is 2.72. The molecule has 2 heterocycles. The average molecular weight is 242 g/mol. The van der Waals surface area contributed by atoms with E-state index >= 15 is 0 Å². The molecule has 0 aromatic carbocycles. The van der Waals surface area contributed by atoms with Crippen LogP contribution in [0.25, 0.3) is 5.69 Å². The molecule has 0 atom stereocenters. The van der Waals surface area contributed by atoms with Gasteiger partial charge in [0, 0.05) is 18.3 Å². The monoisotopic (exact) mass is 241 g/mol. The van der Waals surface area contributed by atoms with Crippen LogP contribution in [0, 0.1) is 6.92 Å². The Morgan fingerprint density at radius 3 is 2.80 bits per heavy atom. The molecule has 15 heavy (non-hydrogen) atoms. The standard InChI is InChI=1S/C10H9Cl2N3/c1-7-10(12)6-15(14-7)9-2-8(3-11)4-13-5-9/h2,4-6H,3H2,1H3. The van der Waals surface area contributed by atoms with Gasteiger partial charge < -0.3 is 0 Å². The van der Waals surface area contributed by atoms with Crippen LogP contribution in [0.3, 0.4) is 0 Å². The number of hydrogen-bond acceptors (Lipinski definition) is 2. The molecule has 0 aliphatic rings. The van der Waals surface area contributed by atoms with E-state index in [-0.39, 0.29) is 0 Å². The molecule has 0 amide bonds. The molecule has 0 aliphatic carbocycles. The maximum absolute atomic E-state index is 5.92. The second-order valence-electron chi connectivity index (χ2n) is 3.19. The molecule has 0 spiro atoms. The summed E-state index contributed by atoms with van der Waals surface area (Å²) in [5.74, 6) is 0.439. The summed E-state index contributed by atoms with van der Waals surface area (Å²) in [6.07, 6.45) is 5.21. The normalized spacial score (nSPS) is 10.6. The predicted molar refractivity (Wildman–Crippen MR) is 60.7 cm³/mol. The SMILES string of the molecule is Cc1nn(-c2cncc(CCl)c2)cc1Cl. The summed E-state index contributed by atoms with van der Waals surface area (Å²) < 4.78 is 1.70. The van der Waals surface area contributed by atoms with Crippen molar-refractivity contribution in [3.05, 3.63) is 40.9 Å². The van der Waals surface area contributed by atoms with Crippen molar-refractivity contribution < 1.29 is 0 Å². The lowest BCUT2D eigenvalue weighted by Crippen LogP contribution is -1.96. The summed E-state index contributed by atoms with van der Waals surface area (Å²) in [5, 5.41) is 4.90. The first-order valence-electron chi connectivity index (χ1n) is 4.42. The number of aryl methyl sites for hydroxylation is 1. The Balaban J connectivity index is 2.44. The first kappa shape index (κ1) is 10.5. The minimum atomic E-state index is 0.439. The van der Waals surface area contributed by atoms with Gasteiger partial charge in [-0.15, -0.1) is 11.6 Å². The largest absolute Gasteiger partial charge is 0.262 e. The van der Waals surface area contributed by atoms with Gasteiger partial charge in [0.1, 0.15) is 0 Å². The Labute approximate surface area is 97.7 Å². The van der Waals surface area contributed by atoms with E-state index in [0.29, 0.717) is 10.9 Å². The summed E-state index contributed by atoms with van der Waals surface area (Å²) in [7, 11) is 0. The van der Waals surface area contributed by atoms with Crippen molar-refractivity contribution in [3.63, 3.8) is 0 Å². The number of aromatic nitrogens is 3. The molecular weight excluding hydrogens is 233 g/mol. The Morgan fingerprint density at radius 1 is 1.40 bits per heavy atom. The molecule has 2 rings (SSSR count). The molecule has 3 nitrogen and oxygen atoms in total. The van der Waals surface area contributed by atoms with Gasteiger partial charge in [-0.3, -0.25) is 4.98 Å². The van der Waals surface area contributed by atoms with Gasteiger partial charge in [-0.2, -0.15) is 5.10 Å². The van der Waals surface area contributed by atoms with Gasteiger partial charge in [0.2, 0.25) is 0 Å². The molecule has 0 N–H and O–H groups in total. The van der Waals surface area contributed by atoms with E-state index in [9.17, 15) is 0 Å². The lowest BCUT2D eigenvalue weighted by atomic mass is 10.3. The summed E-state index contributed by atoms with van der Waals surface area (Å²) in [4.78, 5) is 4.08. The van der Waals surface area contributed by atoms with Gasteiger partial charge in [0.25, 0.3) is 0 Å². The molecule has 5 heteroatoms. The van der Waals surface area contributed by atoms with Crippen LogP contribution in [-0.2, 0) is 5.88 Å². The molecular formula is C10H9Cl2N3. The van der Waals surface area contributed by atoms with Crippen molar-refractivity contribution in [2.75, 3.05) is 0 Å². The molecule has 2 aromatic rings. The smallest absolute Gasteiger partial charge is 0.0832 e. The molecule has 0 saturated heterocycles. The third kappa shape index (κ3) is 2.13. The van der Waals surface area contributed by atoms with Crippen LogP contribution in [0.1, 0.15) is 11.3 Å². The Bertz CT molecular complexity index is 460. The fourth-order valence-electron chi connectivity index (χ4n) is 1.24. The van der Waals surface area contributed by atoms with Gasteiger partial charge in [-0.05, 0) is 18.6 Å². The van der Waals surface area contributed by atoms with Crippen LogP contribution in [0.15, 0.2) is 24.7 Å². The average Bonchev–Trinajstić information content (AvgIpc) is 2.59. The topological polar surface area (TPSA) is 30.7 Å². The van der Waals surface area contributed by atoms with Crippen molar-refractivity contribution >= 4 is 23.2 Å². The van der Waals surface area contributed by atoms with Crippen molar-refractivity contribution in [2.24, 2.45) is 0 Å². The number of hydrogen-bond donors (Lipinski definition) is 0. The molecule has 0 bridgehead atoms. The van der Waals surface area contributed by atoms with Gasteiger partial charge in [0.15, 0.2) is 0 Å². The van der Waals surface area contributed by atoms with Crippen LogP contribution in [0.4, 0.5) is 0 Å². The Kier molecular flexibility index (Phi) is 2.93. The zero-order chi connectivity index (χ0) is 10.8. The Hall–Kier alpha value is -1.06. The molecule has 0 radical (unpaired) electrons. The molecule has 0 fully saturated rings. The van der Waals surface area contributed by atoms with Crippen LogP contribution < -0.4 is 0 Å². The zero-order valence-corrected chi connectivity index (χ0v) is 9.63. The number of nitrogens with zero attached hydrogens (tertiary/aromatic N) is 3. The minimum absolute atomic E-state index is 0.439. The third-order valence-electron chi connectivity index (χ3n) is 2.04. The summed E-state index contributed by atoms with van der Waals surface area (Å²) in [6.45, 7) is 1.86. The van der Waals surface area contributed by atoms with E-state index in [0.717, 1.165) is 16.9 Å². The minimum Gasteiger partial charge on any atom is -0.262 e. The van der Waals surface area contributed by atoms with Crippen molar-refractivity contribution in [3.8, 4) is 5.69 Å². The fourth-order valence-corrected chi connectivity index (χ4v) is 1.52. The molecule has 0 aliphatic heterocycles. The van der Waals surface area contributed by atoms with Crippen molar-refractivity contribution in [1.29, 1.82) is 0 Å². The van der Waals surface area contributed by atoms with Gasteiger partial charge >= 0.3 is 0 Å². The van der Waals surface area contributed by atoms with E-state index in [4.69, 9.17) is 23.2 Å². The highest BCUT2D eigenvalue weighted by Gasteiger charge is 2.04. The Morgan fingerprint density at radius 2 is 2.20 bits per heavy atom. The number of halogens is 2. The number of pyridine rings is 1. The van der Waals surface area contributed by atoms with Gasteiger partial charge in [0.05, 0.1) is 22.6 Å². The van der Waals surface area contributed by atoms with Crippen LogP contribution in [0.2, 0.25) is 5.02 Å². The van der Waals surface area contributed by atoms with E-state index in [1.807, 2.05) is 13.0 Å². The van der Waals surface area contributed by atoms with Crippen LogP contribution in [-0.4, -0.2) is 14.8 Å². The van der Waals surface area contributed by atoms with E-state index in [1.54, 1.807) is 23.3 Å². The fraction of sp³-hybridized carbons (Fsp3) is 0.200. The molecule has 0 unspecified atom stereocenters. The number of alkyl halides is 1. The molecule has 0 saturated carbocycles. The summed E-state index contributed by atoms with van der Waals surface area (Å²) in [6, 6.07) is 1.93. The maximum Gasteiger partial charge on any atom is 0.0832 e. The highest BCUT2D eigenvalue weighted by Crippen LogP contribution is 2.16. The zero-order valence-electron chi connectivity index (χ0n) is 8.11. The van der Waals surface area contributed by atoms with E-state index in [2.05, 4.69) is 10.1 Å².